The molecule has 1 atom stereocenters. The summed E-state index contributed by atoms with van der Waals surface area (Å²) >= 11 is 3.86. The Bertz CT molecular complexity index is 908. The predicted molar refractivity (Wildman–Crippen MR) is 134 cm³/mol. The van der Waals surface area contributed by atoms with E-state index in [9.17, 15) is 9.90 Å². The number of fused-ring (bicyclic) bond motifs is 2. The summed E-state index contributed by atoms with van der Waals surface area (Å²) in [4.78, 5) is 15.4. The van der Waals surface area contributed by atoms with Crippen LogP contribution >= 0.6 is 15.9 Å². The lowest BCUT2D eigenvalue weighted by molar-refractivity contribution is -0.0116. The summed E-state index contributed by atoms with van der Waals surface area (Å²) in [5.74, 6) is 3.67. The molecule has 5 fully saturated rings. The zero-order valence-corrected chi connectivity index (χ0v) is 21.7. The zero-order chi connectivity index (χ0) is 23.0. The average Bonchev–Trinajstić information content (AvgIpc) is 3.12. The van der Waals surface area contributed by atoms with Crippen LogP contribution < -0.4 is 5.32 Å². The highest BCUT2D eigenvalue weighted by Crippen LogP contribution is 2.59. The van der Waals surface area contributed by atoms with Gasteiger partial charge in [0.2, 0.25) is 0 Å². The number of aliphatic hydroxyl groups is 1. The van der Waals surface area contributed by atoms with Gasteiger partial charge in [-0.05, 0) is 104 Å². The first-order valence-corrected chi connectivity index (χ1v) is 14.0. The van der Waals surface area contributed by atoms with Crippen LogP contribution in [0.3, 0.4) is 0 Å². The fourth-order valence-electron chi connectivity index (χ4n) is 8.79. The summed E-state index contributed by atoms with van der Waals surface area (Å²) in [6.45, 7) is 6.22. The molecule has 0 aromatic heterocycles. The second-order valence-electron chi connectivity index (χ2n) is 12.8. The minimum absolute atomic E-state index is 0.103. The SMILES string of the molecule is CC(C)(CO)C1CC2(CCN(C(=O)NC3C4CC5CC(C4)CC3C5)CC2)c2c(Br)cccc21. The predicted octanol–water partition coefficient (Wildman–Crippen LogP) is 5.82. The number of urea groups is 1. The van der Waals surface area contributed by atoms with E-state index >= 15 is 0 Å². The number of hydrogen-bond donors (Lipinski definition) is 2. The molecule has 6 aliphatic rings. The summed E-state index contributed by atoms with van der Waals surface area (Å²) in [5, 5.41) is 13.6. The average molecular weight is 516 g/mol. The van der Waals surface area contributed by atoms with Crippen molar-refractivity contribution in [2.75, 3.05) is 19.7 Å². The van der Waals surface area contributed by atoms with E-state index < -0.39 is 0 Å². The van der Waals surface area contributed by atoms with E-state index in [0.717, 1.165) is 56.0 Å². The molecule has 1 aliphatic heterocycles. The Morgan fingerprint density at radius 3 is 2.36 bits per heavy atom. The van der Waals surface area contributed by atoms with Gasteiger partial charge in [-0.3, -0.25) is 0 Å². The molecule has 2 amide bonds. The van der Waals surface area contributed by atoms with Gasteiger partial charge in [-0.2, -0.15) is 0 Å². The normalized spacial score (nSPS) is 36.3. The molecule has 0 radical (unpaired) electrons. The number of amides is 2. The Kier molecular flexibility index (Phi) is 5.42. The smallest absolute Gasteiger partial charge is 0.317 e. The highest BCUT2D eigenvalue weighted by Gasteiger charge is 2.52. The van der Waals surface area contributed by atoms with Gasteiger partial charge in [0.25, 0.3) is 0 Å². The van der Waals surface area contributed by atoms with Gasteiger partial charge in [0.05, 0.1) is 0 Å². The third kappa shape index (κ3) is 3.59. The van der Waals surface area contributed by atoms with E-state index in [0.29, 0.717) is 12.0 Å². The van der Waals surface area contributed by atoms with Crippen molar-refractivity contribution in [1.82, 2.24) is 10.2 Å². The summed E-state index contributed by atoms with van der Waals surface area (Å²) in [5.41, 5.74) is 2.80. The maximum absolute atomic E-state index is 13.3. The van der Waals surface area contributed by atoms with E-state index in [1.54, 1.807) is 0 Å². The largest absolute Gasteiger partial charge is 0.396 e. The maximum atomic E-state index is 13.3. The van der Waals surface area contributed by atoms with Crippen LogP contribution in [0.2, 0.25) is 0 Å². The molecular formula is C28H39BrN2O2. The van der Waals surface area contributed by atoms with Crippen LogP contribution in [-0.2, 0) is 5.41 Å². The van der Waals surface area contributed by atoms with Crippen molar-refractivity contribution in [2.24, 2.45) is 29.1 Å². The third-order valence-electron chi connectivity index (χ3n) is 10.4. The van der Waals surface area contributed by atoms with Crippen molar-refractivity contribution in [3.63, 3.8) is 0 Å². The number of piperidine rings is 1. The quantitative estimate of drug-likeness (QED) is 0.533. The Labute approximate surface area is 207 Å². The van der Waals surface area contributed by atoms with Crippen molar-refractivity contribution in [1.29, 1.82) is 0 Å². The molecule has 4 nitrogen and oxygen atoms in total. The number of nitrogens with one attached hydrogen (secondary N) is 1. The van der Waals surface area contributed by atoms with Crippen LogP contribution in [0.4, 0.5) is 4.79 Å². The number of nitrogens with zero attached hydrogens (tertiary/aromatic N) is 1. The number of carbonyl (C=O) groups excluding carboxylic acids is 1. The minimum Gasteiger partial charge on any atom is -0.396 e. The molecule has 33 heavy (non-hydrogen) atoms. The number of halogens is 1. The number of likely N-dealkylation sites (tertiary alicyclic amines) is 1. The molecule has 5 aliphatic carbocycles. The number of aliphatic hydroxyl groups excluding tert-OH is 1. The van der Waals surface area contributed by atoms with E-state index in [1.165, 1.54) is 47.7 Å². The molecule has 1 heterocycles. The van der Waals surface area contributed by atoms with Crippen molar-refractivity contribution in [3.05, 3.63) is 33.8 Å². The van der Waals surface area contributed by atoms with Gasteiger partial charge >= 0.3 is 6.03 Å². The Morgan fingerprint density at radius 1 is 1.12 bits per heavy atom. The molecule has 5 heteroatoms. The lowest BCUT2D eigenvalue weighted by Gasteiger charge is -2.54. The summed E-state index contributed by atoms with van der Waals surface area (Å²) < 4.78 is 1.20. The van der Waals surface area contributed by atoms with Crippen LogP contribution in [0.25, 0.3) is 0 Å². The highest BCUT2D eigenvalue weighted by molar-refractivity contribution is 9.10. The first-order chi connectivity index (χ1) is 15.8. The van der Waals surface area contributed by atoms with Gasteiger partial charge in [-0.15, -0.1) is 0 Å². The molecule has 1 aromatic carbocycles. The molecule has 4 saturated carbocycles. The molecule has 1 spiro atoms. The Hall–Kier alpha value is -1.07. The first kappa shape index (κ1) is 22.4. The maximum Gasteiger partial charge on any atom is 0.317 e. The number of rotatable bonds is 3. The molecule has 1 aromatic rings. The number of hydrogen-bond acceptors (Lipinski definition) is 2. The van der Waals surface area contributed by atoms with Crippen LogP contribution in [0, 0.1) is 29.1 Å². The molecule has 2 N–H and O–H groups in total. The minimum atomic E-state index is -0.146. The van der Waals surface area contributed by atoms with Crippen molar-refractivity contribution >= 4 is 22.0 Å². The zero-order valence-electron chi connectivity index (χ0n) is 20.2. The molecule has 7 rings (SSSR count). The van der Waals surface area contributed by atoms with Gasteiger partial charge in [-0.1, -0.05) is 41.9 Å². The molecular weight excluding hydrogens is 476 g/mol. The highest BCUT2D eigenvalue weighted by atomic mass is 79.9. The van der Waals surface area contributed by atoms with Crippen molar-refractivity contribution < 1.29 is 9.90 Å². The van der Waals surface area contributed by atoms with Gasteiger partial charge < -0.3 is 15.3 Å². The molecule has 180 valence electrons. The first-order valence-electron chi connectivity index (χ1n) is 13.2. The van der Waals surface area contributed by atoms with Crippen LogP contribution in [0.15, 0.2) is 22.7 Å². The van der Waals surface area contributed by atoms with Crippen LogP contribution in [-0.4, -0.2) is 41.8 Å². The van der Waals surface area contributed by atoms with E-state index in [4.69, 9.17) is 0 Å². The van der Waals surface area contributed by atoms with Gasteiger partial charge in [-0.25, -0.2) is 4.79 Å². The topological polar surface area (TPSA) is 52.6 Å². The van der Waals surface area contributed by atoms with E-state index in [1.807, 2.05) is 0 Å². The summed E-state index contributed by atoms with van der Waals surface area (Å²) in [6, 6.07) is 7.16. The molecule has 4 bridgehead atoms. The van der Waals surface area contributed by atoms with Crippen molar-refractivity contribution in [2.45, 2.75) is 82.6 Å². The van der Waals surface area contributed by atoms with Crippen molar-refractivity contribution in [3.8, 4) is 0 Å². The van der Waals surface area contributed by atoms with Gasteiger partial charge in [0, 0.05) is 35.6 Å². The fourth-order valence-corrected chi connectivity index (χ4v) is 9.59. The standard InChI is InChI=1S/C28H39BrN2O2/c1-27(2,16-32)22-15-28(24-21(22)4-3-5-23(24)29)6-8-31(9-7-28)26(33)30-25-19-11-17-10-18(13-19)14-20(25)12-17/h3-5,17-20,22,25,32H,6-16H2,1-2H3,(H,30,33). The van der Waals surface area contributed by atoms with Gasteiger partial charge in [0.1, 0.15) is 0 Å². The number of benzene rings is 1. The Balaban J connectivity index is 1.16. The summed E-state index contributed by atoms with van der Waals surface area (Å²) in [6.07, 6.45) is 9.91. The lowest BCUT2D eigenvalue weighted by atomic mass is 9.54. The summed E-state index contributed by atoms with van der Waals surface area (Å²) in [7, 11) is 0. The fraction of sp³-hybridized carbons (Fsp3) is 0.750. The lowest BCUT2D eigenvalue weighted by Crippen LogP contribution is -2.59. The van der Waals surface area contributed by atoms with Gasteiger partial charge in [0.15, 0.2) is 0 Å². The Morgan fingerprint density at radius 2 is 1.76 bits per heavy atom. The monoisotopic (exact) mass is 514 g/mol. The van der Waals surface area contributed by atoms with E-state index in [2.05, 4.69) is 58.2 Å². The molecule has 1 saturated heterocycles. The second-order valence-corrected chi connectivity index (χ2v) is 13.6. The van der Waals surface area contributed by atoms with Crippen LogP contribution in [0.1, 0.15) is 82.3 Å². The van der Waals surface area contributed by atoms with Crippen LogP contribution in [0.5, 0.6) is 0 Å². The number of carbonyl (C=O) groups is 1. The second kappa shape index (κ2) is 7.98. The third-order valence-corrected chi connectivity index (χ3v) is 11.1. The van der Waals surface area contributed by atoms with E-state index in [-0.39, 0.29) is 23.5 Å². The molecule has 1 unspecified atom stereocenters.